The molecule has 1 N–H and O–H groups in total. The van der Waals surface area contributed by atoms with E-state index < -0.39 is 0 Å². The number of aryl methyl sites for hydroxylation is 1. The summed E-state index contributed by atoms with van der Waals surface area (Å²) < 4.78 is 0. The standard InChI is InChI=1S/C12H17BrN2O/c1-8(2)11(13)7-15-12(16)10-4-5-14-9(3)6-10/h4-6,8,11H,7H2,1-3H3,(H,15,16). The number of halogens is 1. The number of pyridine rings is 1. The number of hydrogen-bond acceptors (Lipinski definition) is 2. The molecule has 1 rings (SSSR count). The lowest BCUT2D eigenvalue weighted by molar-refractivity contribution is 0.0952. The fourth-order valence-corrected chi connectivity index (χ4v) is 1.38. The Morgan fingerprint density at radius 1 is 1.56 bits per heavy atom. The van der Waals surface area contributed by atoms with E-state index in [9.17, 15) is 4.79 Å². The Bertz CT molecular complexity index is 366. The number of aromatic nitrogens is 1. The highest BCUT2D eigenvalue weighted by atomic mass is 79.9. The van der Waals surface area contributed by atoms with Crippen LogP contribution >= 0.6 is 15.9 Å². The predicted octanol–water partition coefficient (Wildman–Crippen LogP) is 2.54. The van der Waals surface area contributed by atoms with Crippen molar-refractivity contribution >= 4 is 21.8 Å². The van der Waals surface area contributed by atoms with Crippen LogP contribution in [0.25, 0.3) is 0 Å². The van der Waals surface area contributed by atoms with Crippen molar-refractivity contribution in [2.45, 2.75) is 25.6 Å². The third kappa shape index (κ3) is 3.93. The van der Waals surface area contributed by atoms with Crippen LogP contribution in [0.4, 0.5) is 0 Å². The Morgan fingerprint density at radius 3 is 2.81 bits per heavy atom. The molecule has 3 nitrogen and oxygen atoms in total. The second kappa shape index (κ2) is 5.99. The highest BCUT2D eigenvalue weighted by Crippen LogP contribution is 2.10. The Kier molecular flexibility index (Phi) is 4.93. The molecule has 1 unspecified atom stereocenters. The summed E-state index contributed by atoms with van der Waals surface area (Å²) in [5.74, 6) is 0.454. The smallest absolute Gasteiger partial charge is 0.251 e. The van der Waals surface area contributed by atoms with E-state index in [0.717, 1.165) is 5.69 Å². The Labute approximate surface area is 105 Å². The summed E-state index contributed by atoms with van der Waals surface area (Å²) >= 11 is 3.53. The van der Waals surface area contributed by atoms with E-state index in [1.54, 1.807) is 18.3 Å². The third-order valence-electron chi connectivity index (χ3n) is 2.34. The molecule has 0 radical (unpaired) electrons. The van der Waals surface area contributed by atoms with Gasteiger partial charge in [-0.15, -0.1) is 0 Å². The summed E-state index contributed by atoms with van der Waals surface area (Å²) in [6.45, 7) is 6.74. The van der Waals surface area contributed by atoms with E-state index in [0.29, 0.717) is 22.9 Å². The zero-order chi connectivity index (χ0) is 12.1. The van der Waals surface area contributed by atoms with Gasteiger partial charge in [-0.1, -0.05) is 29.8 Å². The molecule has 0 fully saturated rings. The number of carbonyl (C=O) groups excluding carboxylic acids is 1. The second-order valence-electron chi connectivity index (χ2n) is 4.16. The van der Waals surface area contributed by atoms with Crippen LogP contribution in [-0.4, -0.2) is 22.3 Å². The molecule has 0 saturated carbocycles. The van der Waals surface area contributed by atoms with Crippen LogP contribution in [0, 0.1) is 12.8 Å². The lowest BCUT2D eigenvalue weighted by Crippen LogP contribution is -2.31. The minimum atomic E-state index is -0.0457. The van der Waals surface area contributed by atoms with Crippen LogP contribution < -0.4 is 5.32 Å². The Morgan fingerprint density at radius 2 is 2.25 bits per heavy atom. The number of rotatable bonds is 4. The van der Waals surface area contributed by atoms with Crippen LogP contribution in [0.1, 0.15) is 29.9 Å². The maximum Gasteiger partial charge on any atom is 0.251 e. The first kappa shape index (κ1) is 13.2. The first-order chi connectivity index (χ1) is 7.50. The van der Waals surface area contributed by atoms with E-state index in [1.807, 2.05) is 6.92 Å². The number of amides is 1. The van der Waals surface area contributed by atoms with Gasteiger partial charge in [-0.2, -0.15) is 0 Å². The maximum atomic E-state index is 11.8. The molecule has 0 aliphatic heterocycles. The van der Waals surface area contributed by atoms with Crippen LogP contribution in [0.15, 0.2) is 18.3 Å². The van der Waals surface area contributed by atoms with Crippen LogP contribution in [0.2, 0.25) is 0 Å². The van der Waals surface area contributed by atoms with Crippen molar-refractivity contribution in [2.24, 2.45) is 5.92 Å². The van der Waals surface area contributed by atoms with Crippen molar-refractivity contribution in [1.29, 1.82) is 0 Å². The van der Waals surface area contributed by atoms with Gasteiger partial charge in [-0.3, -0.25) is 9.78 Å². The first-order valence-corrected chi connectivity index (χ1v) is 6.27. The maximum absolute atomic E-state index is 11.8. The number of nitrogens with one attached hydrogen (secondary N) is 1. The molecule has 1 aromatic rings. The molecule has 0 bridgehead atoms. The fraction of sp³-hybridized carbons (Fsp3) is 0.500. The lowest BCUT2D eigenvalue weighted by Gasteiger charge is -2.14. The van der Waals surface area contributed by atoms with Gasteiger partial charge in [-0.25, -0.2) is 0 Å². The van der Waals surface area contributed by atoms with Gasteiger partial charge >= 0.3 is 0 Å². The van der Waals surface area contributed by atoms with Gasteiger partial charge in [0, 0.05) is 28.8 Å². The van der Waals surface area contributed by atoms with Gasteiger partial charge in [0.05, 0.1) is 0 Å². The van der Waals surface area contributed by atoms with E-state index in [2.05, 4.69) is 40.1 Å². The summed E-state index contributed by atoms with van der Waals surface area (Å²) in [7, 11) is 0. The minimum Gasteiger partial charge on any atom is -0.351 e. The highest BCUT2D eigenvalue weighted by Gasteiger charge is 2.11. The summed E-state index contributed by atoms with van der Waals surface area (Å²) in [5.41, 5.74) is 1.52. The fourth-order valence-electron chi connectivity index (χ4n) is 1.21. The summed E-state index contributed by atoms with van der Waals surface area (Å²) in [6, 6.07) is 3.51. The van der Waals surface area contributed by atoms with Crippen molar-refractivity contribution in [3.05, 3.63) is 29.6 Å². The summed E-state index contributed by atoms with van der Waals surface area (Å²) in [5, 5.41) is 2.89. The molecular formula is C12H17BrN2O. The molecule has 0 spiro atoms. The van der Waals surface area contributed by atoms with Crippen LogP contribution in [0.3, 0.4) is 0 Å². The third-order valence-corrected chi connectivity index (χ3v) is 3.72. The topological polar surface area (TPSA) is 42.0 Å². The van der Waals surface area contributed by atoms with Gasteiger partial charge in [0.25, 0.3) is 5.91 Å². The van der Waals surface area contributed by atoms with Crippen molar-refractivity contribution in [2.75, 3.05) is 6.54 Å². The first-order valence-electron chi connectivity index (χ1n) is 5.35. The second-order valence-corrected chi connectivity index (χ2v) is 5.33. The van der Waals surface area contributed by atoms with Crippen molar-refractivity contribution in [1.82, 2.24) is 10.3 Å². The average molecular weight is 285 g/mol. The number of hydrogen-bond donors (Lipinski definition) is 1. The molecule has 0 aliphatic carbocycles. The molecule has 0 aromatic carbocycles. The van der Waals surface area contributed by atoms with Crippen LogP contribution in [0.5, 0.6) is 0 Å². The van der Waals surface area contributed by atoms with Gasteiger partial charge in [0.2, 0.25) is 0 Å². The Hall–Kier alpha value is -0.900. The molecule has 16 heavy (non-hydrogen) atoms. The van der Waals surface area contributed by atoms with E-state index in [1.165, 1.54) is 0 Å². The number of alkyl halides is 1. The van der Waals surface area contributed by atoms with E-state index >= 15 is 0 Å². The van der Waals surface area contributed by atoms with Gasteiger partial charge in [0.15, 0.2) is 0 Å². The molecule has 1 amide bonds. The zero-order valence-corrected chi connectivity index (χ0v) is 11.4. The summed E-state index contributed by atoms with van der Waals surface area (Å²) in [6.07, 6.45) is 1.65. The van der Waals surface area contributed by atoms with Gasteiger partial charge in [0.1, 0.15) is 0 Å². The van der Waals surface area contributed by atoms with Crippen molar-refractivity contribution in [3.8, 4) is 0 Å². The molecule has 0 aliphatic rings. The average Bonchev–Trinajstić information content (AvgIpc) is 2.25. The molecule has 4 heteroatoms. The molecular weight excluding hydrogens is 268 g/mol. The number of carbonyl (C=O) groups is 1. The lowest BCUT2D eigenvalue weighted by atomic mass is 10.1. The summed E-state index contributed by atoms with van der Waals surface area (Å²) in [4.78, 5) is 16.1. The minimum absolute atomic E-state index is 0.0457. The number of nitrogens with zero attached hydrogens (tertiary/aromatic N) is 1. The quantitative estimate of drug-likeness (QED) is 0.864. The predicted molar refractivity (Wildman–Crippen MR) is 68.9 cm³/mol. The van der Waals surface area contributed by atoms with Gasteiger partial charge < -0.3 is 5.32 Å². The van der Waals surface area contributed by atoms with E-state index in [-0.39, 0.29) is 5.91 Å². The van der Waals surface area contributed by atoms with Gasteiger partial charge in [-0.05, 0) is 25.0 Å². The highest BCUT2D eigenvalue weighted by molar-refractivity contribution is 9.09. The normalized spacial score (nSPS) is 12.6. The Balaban J connectivity index is 2.53. The van der Waals surface area contributed by atoms with Crippen molar-refractivity contribution in [3.63, 3.8) is 0 Å². The van der Waals surface area contributed by atoms with E-state index in [4.69, 9.17) is 0 Å². The van der Waals surface area contributed by atoms with Crippen molar-refractivity contribution < 1.29 is 4.79 Å². The molecule has 1 heterocycles. The zero-order valence-electron chi connectivity index (χ0n) is 9.83. The molecule has 0 saturated heterocycles. The van der Waals surface area contributed by atoms with Crippen LogP contribution in [-0.2, 0) is 0 Å². The SMILES string of the molecule is Cc1cc(C(=O)NCC(Br)C(C)C)ccn1. The largest absolute Gasteiger partial charge is 0.351 e. The monoisotopic (exact) mass is 284 g/mol. The molecule has 1 atom stereocenters. The molecule has 88 valence electrons. The molecule has 1 aromatic heterocycles.